The quantitative estimate of drug-likeness (QED) is 0.857. The zero-order valence-electron chi connectivity index (χ0n) is 10.1. The lowest BCUT2D eigenvalue weighted by molar-refractivity contribution is 0.470. The highest BCUT2D eigenvalue weighted by atomic mass is 16.3. The normalized spacial score (nSPS) is 13.2. The minimum Gasteiger partial charge on any atom is -0.440 e. The van der Waals surface area contributed by atoms with Gasteiger partial charge in [-0.3, -0.25) is 0 Å². The minimum absolute atomic E-state index is 0.312. The standard InChI is InChI=1S/C13H18N2O/c1-4-14-8-10(3)13-15-12-9(2)6-5-7-11(12)16-13/h5-7,10,14H,4,8H2,1-3H3. The summed E-state index contributed by atoms with van der Waals surface area (Å²) in [4.78, 5) is 4.56. The van der Waals surface area contributed by atoms with Gasteiger partial charge in [0.05, 0.1) is 0 Å². The van der Waals surface area contributed by atoms with Crippen LogP contribution in [0, 0.1) is 6.92 Å². The van der Waals surface area contributed by atoms with E-state index in [1.54, 1.807) is 0 Å². The second-order valence-corrected chi connectivity index (χ2v) is 4.18. The number of likely N-dealkylation sites (N-methyl/N-ethyl adjacent to an activating group) is 1. The van der Waals surface area contributed by atoms with E-state index in [9.17, 15) is 0 Å². The fourth-order valence-electron chi connectivity index (χ4n) is 1.76. The molecule has 0 saturated carbocycles. The van der Waals surface area contributed by atoms with Gasteiger partial charge in [0.2, 0.25) is 0 Å². The number of nitrogens with zero attached hydrogens (tertiary/aromatic N) is 1. The van der Waals surface area contributed by atoms with Crippen molar-refractivity contribution in [2.45, 2.75) is 26.7 Å². The van der Waals surface area contributed by atoms with E-state index < -0.39 is 0 Å². The number of fused-ring (bicyclic) bond motifs is 1. The molecular weight excluding hydrogens is 200 g/mol. The van der Waals surface area contributed by atoms with Crippen LogP contribution < -0.4 is 5.32 Å². The summed E-state index contributed by atoms with van der Waals surface area (Å²) >= 11 is 0. The first-order valence-electron chi connectivity index (χ1n) is 5.79. The molecule has 0 bridgehead atoms. The van der Waals surface area contributed by atoms with Crippen molar-refractivity contribution in [1.82, 2.24) is 10.3 Å². The van der Waals surface area contributed by atoms with Gasteiger partial charge in [-0.15, -0.1) is 0 Å². The maximum Gasteiger partial charge on any atom is 0.199 e. The molecule has 0 spiro atoms. The second kappa shape index (κ2) is 4.66. The van der Waals surface area contributed by atoms with Crippen molar-refractivity contribution in [1.29, 1.82) is 0 Å². The number of aromatic nitrogens is 1. The average molecular weight is 218 g/mol. The van der Waals surface area contributed by atoms with Crippen LogP contribution in [-0.2, 0) is 0 Å². The van der Waals surface area contributed by atoms with Crippen molar-refractivity contribution >= 4 is 11.1 Å². The zero-order chi connectivity index (χ0) is 11.5. The van der Waals surface area contributed by atoms with E-state index in [4.69, 9.17) is 4.42 Å². The summed E-state index contributed by atoms with van der Waals surface area (Å²) < 4.78 is 5.76. The summed E-state index contributed by atoms with van der Waals surface area (Å²) in [5.41, 5.74) is 3.04. The van der Waals surface area contributed by atoms with E-state index in [1.807, 2.05) is 12.1 Å². The van der Waals surface area contributed by atoms with E-state index in [0.717, 1.165) is 30.1 Å². The number of aryl methyl sites for hydroxylation is 1. The van der Waals surface area contributed by atoms with Crippen molar-refractivity contribution in [3.63, 3.8) is 0 Å². The molecule has 1 N–H and O–H groups in total. The topological polar surface area (TPSA) is 38.1 Å². The molecule has 1 aromatic heterocycles. The molecule has 0 fully saturated rings. The number of nitrogens with one attached hydrogen (secondary N) is 1. The molecule has 16 heavy (non-hydrogen) atoms. The molecule has 0 aliphatic heterocycles. The maximum atomic E-state index is 5.76. The molecule has 0 aliphatic carbocycles. The van der Waals surface area contributed by atoms with Gasteiger partial charge in [-0.05, 0) is 25.1 Å². The summed E-state index contributed by atoms with van der Waals surface area (Å²) in [6.07, 6.45) is 0. The van der Waals surface area contributed by atoms with Gasteiger partial charge in [0.15, 0.2) is 11.5 Å². The zero-order valence-corrected chi connectivity index (χ0v) is 10.1. The monoisotopic (exact) mass is 218 g/mol. The molecule has 0 amide bonds. The van der Waals surface area contributed by atoms with Crippen molar-refractivity contribution in [2.75, 3.05) is 13.1 Å². The van der Waals surface area contributed by atoms with Crippen molar-refractivity contribution in [3.8, 4) is 0 Å². The van der Waals surface area contributed by atoms with Gasteiger partial charge in [-0.25, -0.2) is 4.98 Å². The SMILES string of the molecule is CCNCC(C)c1nc2c(C)cccc2o1. The van der Waals surface area contributed by atoms with Gasteiger partial charge in [-0.2, -0.15) is 0 Å². The van der Waals surface area contributed by atoms with Crippen molar-refractivity contribution in [2.24, 2.45) is 0 Å². The number of hydrogen-bond acceptors (Lipinski definition) is 3. The Hall–Kier alpha value is -1.35. The molecule has 2 rings (SSSR count). The summed E-state index contributed by atoms with van der Waals surface area (Å²) in [7, 11) is 0. The Morgan fingerprint density at radius 2 is 2.25 bits per heavy atom. The Kier molecular flexibility index (Phi) is 3.25. The van der Waals surface area contributed by atoms with E-state index in [-0.39, 0.29) is 0 Å². The van der Waals surface area contributed by atoms with E-state index in [2.05, 4.69) is 37.1 Å². The molecule has 0 saturated heterocycles. The van der Waals surface area contributed by atoms with Crippen LogP contribution in [0.2, 0.25) is 0 Å². The Labute approximate surface area is 95.9 Å². The number of hydrogen-bond donors (Lipinski definition) is 1. The van der Waals surface area contributed by atoms with E-state index >= 15 is 0 Å². The number of para-hydroxylation sites is 1. The first-order chi connectivity index (χ1) is 7.72. The molecule has 1 heterocycles. The minimum atomic E-state index is 0.312. The molecule has 3 heteroatoms. The molecule has 1 atom stereocenters. The van der Waals surface area contributed by atoms with Gasteiger partial charge >= 0.3 is 0 Å². The molecule has 3 nitrogen and oxygen atoms in total. The molecule has 1 aromatic carbocycles. The highest BCUT2D eigenvalue weighted by Gasteiger charge is 2.13. The van der Waals surface area contributed by atoms with Gasteiger partial charge in [0.25, 0.3) is 0 Å². The average Bonchev–Trinajstić information content (AvgIpc) is 2.71. The largest absolute Gasteiger partial charge is 0.440 e. The van der Waals surface area contributed by atoms with Crippen LogP contribution in [-0.4, -0.2) is 18.1 Å². The smallest absolute Gasteiger partial charge is 0.199 e. The fraction of sp³-hybridized carbons (Fsp3) is 0.462. The summed E-state index contributed by atoms with van der Waals surface area (Å²) in [6, 6.07) is 6.03. The third-order valence-corrected chi connectivity index (χ3v) is 2.76. The van der Waals surface area contributed by atoms with Gasteiger partial charge in [0, 0.05) is 12.5 Å². The number of rotatable bonds is 4. The Morgan fingerprint density at radius 3 is 2.94 bits per heavy atom. The fourth-order valence-corrected chi connectivity index (χ4v) is 1.76. The Bertz CT molecular complexity index is 476. The molecule has 86 valence electrons. The second-order valence-electron chi connectivity index (χ2n) is 4.18. The van der Waals surface area contributed by atoms with Crippen LogP contribution >= 0.6 is 0 Å². The van der Waals surface area contributed by atoms with Gasteiger partial charge in [-0.1, -0.05) is 26.0 Å². The van der Waals surface area contributed by atoms with Crippen LogP contribution in [0.5, 0.6) is 0 Å². The van der Waals surface area contributed by atoms with E-state index in [0.29, 0.717) is 5.92 Å². The number of oxazole rings is 1. The number of benzene rings is 1. The van der Waals surface area contributed by atoms with Crippen LogP contribution in [0.25, 0.3) is 11.1 Å². The predicted octanol–water partition coefficient (Wildman–Crippen LogP) is 2.85. The first-order valence-corrected chi connectivity index (χ1v) is 5.79. The Morgan fingerprint density at radius 1 is 1.44 bits per heavy atom. The highest BCUT2D eigenvalue weighted by molar-refractivity contribution is 5.76. The predicted molar refractivity (Wildman–Crippen MR) is 65.7 cm³/mol. The van der Waals surface area contributed by atoms with Crippen molar-refractivity contribution < 1.29 is 4.42 Å². The molecular formula is C13H18N2O. The molecule has 0 radical (unpaired) electrons. The third-order valence-electron chi connectivity index (χ3n) is 2.76. The van der Waals surface area contributed by atoms with Crippen LogP contribution in [0.15, 0.2) is 22.6 Å². The maximum absolute atomic E-state index is 5.76. The van der Waals surface area contributed by atoms with Gasteiger partial charge < -0.3 is 9.73 Å². The first kappa shape index (κ1) is 11.1. The highest BCUT2D eigenvalue weighted by Crippen LogP contribution is 2.23. The molecule has 2 aromatic rings. The Balaban J connectivity index is 2.29. The van der Waals surface area contributed by atoms with Crippen molar-refractivity contribution in [3.05, 3.63) is 29.7 Å². The van der Waals surface area contributed by atoms with Gasteiger partial charge in [0.1, 0.15) is 5.52 Å². The summed E-state index contributed by atoms with van der Waals surface area (Å²) in [6.45, 7) is 8.17. The lowest BCUT2D eigenvalue weighted by Gasteiger charge is -2.06. The molecule has 0 aliphatic rings. The van der Waals surface area contributed by atoms with Crippen LogP contribution in [0.1, 0.15) is 31.2 Å². The van der Waals surface area contributed by atoms with Crippen LogP contribution in [0.4, 0.5) is 0 Å². The molecule has 1 unspecified atom stereocenters. The lowest BCUT2D eigenvalue weighted by atomic mass is 10.2. The lowest BCUT2D eigenvalue weighted by Crippen LogP contribution is -2.19. The summed E-state index contributed by atoms with van der Waals surface area (Å²) in [5.74, 6) is 1.14. The summed E-state index contributed by atoms with van der Waals surface area (Å²) in [5, 5.41) is 3.31. The van der Waals surface area contributed by atoms with Crippen LogP contribution in [0.3, 0.4) is 0 Å². The third kappa shape index (κ3) is 2.09. The van der Waals surface area contributed by atoms with E-state index in [1.165, 1.54) is 5.56 Å².